The first-order chi connectivity index (χ1) is 11.7. The van der Waals surface area contributed by atoms with Crippen LogP contribution in [0.3, 0.4) is 0 Å². The van der Waals surface area contributed by atoms with E-state index in [0.717, 1.165) is 11.1 Å². The Morgan fingerprint density at radius 2 is 1.46 bits per heavy atom. The average Bonchev–Trinajstić information content (AvgIpc) is 2.61. The van der Waals surface area contributed by atoms with E-state index in [0.29, 0.717) is 19.6 Å². The monoisotopic (exact) mass is 328 g/mol. The van der Waals surface area contributed by atoms with E-state index in [9.17, 15) is 5.11 Å². The summed E-state index contributed by atoms with van der Waals surface area (Å²) in [5, 5.41) is 10.3. The summed E-state index contributed by atoms with van der Waals surface area (Å²) >= 11 is 0. The van der Waals surface area contributed by atoms with Crippen LogP contribution in [-0.4, -0.2) is 29.7 Å². The predicted molar refractivity (Wildman–Crippen MR) is 91.2 cm³/mol. The molecule has 4 nitrogen and oxygen atoms in total. The summed E-state index contributed by atoms with van der Waals surface area (Å²) in [5.74, 6) is 0. The Morgan fingerprint density at radius 3 is 2.04 bits per heavy atom. The van der Waals surface area contributed by atoms with E-state index in [4.69, 9.17) is 14.2 Å². The summed E-state index contributed by atoms with van der Waals surface area (Å²) in [5.41, 5.74) is 2.16. The molecule has 1 fully saturated rings. The van der Waals surface area contributed by atoms with Crippen LogP contribution in [0.5, 0.6) is 0 Å². The lowest BCUT2D eigenvalue weighted by Crippen LogP contribution is -2.49. The highest BCUT2D eigenvalue weighted by Gasteiger charge is 2.38. The summed E-state index contributed by atoms with van der Waals surface area (Å²) in [6, 6.07) is 19.9. The zero-order chi connectivity index (χ0) is 16.8. The van der Waals surface area contributed by atoms with Gasteiger partial charge in [0.25, 0.3) is 0 Å². The second kappa shape index (κ2) is 8.40. The quantitative estimate of drug-likeness (QED) is 0.884. The zero-order valence-corrected chi connectivity index (χ0v) is 13.9. The van der Waals surface area contributed by atoms with E-state index in [-0.39, 0.29) is 12.2 Å². The van der Waals surface area contributed by atoms with Gasteiger partial charge in [0.1, 0.15) is 6.10 Å². The Morgan fingerprint density at radius 1 is 0.917 bits per heavy atom. The highest BCUT2D eigenvalue weighted by molar-refractivity contribution is 5.14. The van der Waals surface area contributed by atoms with Gasteiger partial charge in [-0.05, 0) is 18.1 Å². The molecular formula is C20H24O4. The standard InChI is InChI=1S/C20H24O4/c1-15-12-18(22-13-16-8-4-2-5-9-16)19(20(21)24-15)23-14-17-10-6-3-7-11-17/h2-11,15,18-21H,12-14H2,1H3/t15-,18-,19-,20-/m0/s1. The molecule has 0 radical (unpaired) electrons. The van der Waals surface area contributed by atoms with Gasteiger partial charge in [-0.2, -0.15) is 0 Å². The third-order valence-electron chi connectivity index (χ3n) is 4.18. The fourth-order valence-corrected chi connectivity index (χ4v) is 2.91. The molecule has 1 N–H and O–H groups in total. The molecule has 2 aromatic rings. The van der Waals surface area contributed by atoms with Crippen molar-refractivity contribution in [2.75, 3.05) is 0 Å². The van der Waals surface area contributed by atoms with Crippen LogP contribution in [0, 0.1) is 0 Å². The minimum absolute atomic E-state index is 0.0580. The smallest absolute Gasteiger partial charge is 0.184 e. The van der Waals surface area contributed by atoms with E-state index < -0.39 is 12.4 Å². The maximum absolute atomic E-state index is 10.3. The Balaban J connectivity index is 1.61. The molecule has 0 aliphatic carbocycles. The summed E-state index contributed by atoms with van der Waals surface area (Å²) in [6.07, 6.45) is -1.03. The molecule has 1 saturated heterocycles. The van der Waals surface area contributed by atoms with Crippen molar-refractivity contribution in [1.29, 1.82) is 0 Å². The first-order valence-corrected chi connectivity index (χ1v) is 8.37. The lowest BCUT2D eigenvalue weighted by molar-refractivity contribution is -0.268. The number of rotatable bonds is 6. The minimum atomic E-state index is -0.974. The number of hydrogen-bond acceptors (Lipinski definition) is 4. The van der Waals surface area contributed by atoms with Crippen LogP contribution >= 0.6 is 0 Å². The molecule has 128 valence electrons. The van der Waals surface area contributed by atoms with Crippen LogP contribution < -0.4 is 0 Å². The second-order valence-corrected chi connectivity index (χ2v) is 6.17. The van der Waals surface area contributed by atoms with E-state index in [1.54, 1.807) is 0 Å². The number of hydrogen-bond donors (Lipinski definition) is 1. The SMILES string of the molecule is C[C@H]1C[C@H](OCc2ccccc2)[C@H](OCc2ccccc2)[C@@H](O)O1. The van der Waals surface area contributed by atoms with Gasteiger partial charge in [0.15, 0.2) is 6.29 Å². The van der Waals surface area contributed by atoms with Crippen molar-refractivity contribution in [2.24, 2.45) is 0 Å². The zero-order valence-electron chi connectivity index (χ0n) is 13.9. The van der Waals surface area contributed by atoms with Crippen molar-refractivity contribution in [3.8, 4) is 0 Å². The predicted octanol–water partition coefficient (Wildman–Crippen LogP) is 3.28. The fourth-order valence-electron chi connectivity index (χ4n) is 2.91. The van der Waals surface area contributed by atoms with Gasteiger partial charge in [-0.25, -0.2) is 0 Å². The summed E-state index contributed by atoms with van der Waals surface area (Å²) in [6.45, 7) is 2.86. The van der Waals surface area contributed by atoms with Gasteiger partial charge in [0.2, 0.25) is 0 Å². The van der Waals surface area contributed by atoms with Crippen LogP contribution in [0.2, 0.25) is 0 Å². The van der Waals surface area contributed by atoms with Crippen molar-refractivity contribution in [3.05, 3.63) is 71.8 Å². The molecule has 24 heavy (non-hydrogen) atoms. The molecule has 0 spiro atoms. The van der Waals surface area contributed by atoms with Gasteiger partial charge in [-0.1, -0.05) is 60.7 Å². The van der Waals surface area contributed by atoms with E-state index in [2.05, 4.69) is 0 Å². The molecule has 0 saturated carbocycles. The Kier molecular flexibility index (Phi) is 5.99. The number of aliphatic hydroxyl groups excluding tert-OH is 1. The van der Waals surface area contributed by atoms with Crippen LogP contribution in [0.1, 0.15) is 24.5 Å². The molecule has 0 amide bonds. The lowest BCUT2D eigenvalue weighted by atomic mass is 10.0. The molecule has 0 unspecified atom stereocenters. The van der Waals surface area contributed by atoms with Crippen LogP contribution in [-0.2, 0) is 27.4 Å². The summed E-state index contributed by atoms with van der Waals surface area (Å²) in [4.78, 5) is 0. The molecule has 4 atom stereocenters. The molecule has 1 aliphatic rings. The minimum Gasteiger partial charge on any atom is -0.371 e. The van der Waals surface area contributed by atoms with Crippen molar-refractivity contribution in [3.63, 3.8) is 0 Å². The Hall–Kier alpha value is -1.72. The number of aliphatic hydroxyl groups is 1. The molecule has 3 rings (SSSR count). The summed E-state index contributed by atoms with van der Waals surface area (Å²) < 4.78 is 17.5. The molecule has 0 aromatic heterocycles. The van der Waals surface area contributed by atoms with Crippen molar-refractivity contribution >= 4 is 0 Å². The van der Waals surface area contributed by atoms with Gasteiger partial charge in [0.05, 0.1) is 25.4 Å². The normalized spacial score (nSPS) is 27.1. The van der Waals surface area contributed by atoms with Gasteiger partial charge in [-0.15, -0.1) is 0 Å². The highest BCUT2D eigenvalue weighted by Crippen LogP contribution is 2.25. The maximum Gasteiger partial charge on any atom is 0.184 e. The molecule has 1 heterocycles. The Labute approximate surface area is 143 Å². The van der Waals surface area contributed by atoms with Gasteiger partial charge >= 0.3 is 0 Å². The third-order valence-corrected chi connectivity index (χ3v) is 4.18. The molecule has 0 bridgehead atoms. The maximum atomic E-state index is 10.3. The summed E-state index contributed by atoms with van der Waals surface area (Å²) in [7, 11) is 0. The van der Waals surface area contributed by atoms with E-state index in [1.807, 2.05) is 67.6 Å². The number of ether oxygens (including phenoxy) is 3. The van der Waals surface area contributed by atoms with Crippen molar-refractivity contribution < 1.29 is 19.3 Å². The topological polar surface area (TPSA) is 47.9 Å². The van der Waals surface area contributed by atoms with Crippen LogP contribution in [0.15, 0.2) is 60.7 Å². The largest absolute Gasteiger partial charge is 0.371 e. The fraction of sp³-hybridized carbons (Fsp3) is 0.400. The lowest BCUT2D eigenvalue weighted by Gasteiger charge is -2.38. The Bertz CT molecular complexity index is 602. The molecule has 4 heteroatoms. The first kappa shape index (κ1) is 17.1. The van der Waals surface area contributed by atoms with Crippen LogP contribution in [0.25, 0.3) is 0 Å². The van der Waals surface area contributed by atoms with Gasteiger partial charge in [0, 0.05) is 6.42 Å². The van der Waals surface area contributed by atoms with E-state index in [1.165, 1.54) is 0 Å². The van der Waals surface area contributed by atoms with Crippen LogP contribution in [0.4, 0.5) is 0 Å². The number of benzene rings is 2. The average molecular weight is 328 g/mol. The van der Waals surface area contributed by atoms with Crippen molar-refractivity contribution in [1.82, 2.24) is 0 Å². The van der Waals surface area contributed by atoms with E-state index >= 15 is 0 Å². The van der Waals surface area contributed by atoms with Gasteiger partial charge in [-0.3, -0.25) is 0 Å². The highest BCUT2D eigenvalue weighted by atomic mass is 16.7. The van der Waals surface area contributed by atoms with Gasteiger partial charge < -0.3 is 19.3 Å². The second-order valence-electron chi connectivity index (χ2n) is 6.17. The first-order valence-electron chi connectivity index (χ1n) is 8.37. The van der Waals surface area contributed by atoms with Crippen molar-refractivity contribution in [2.45, 2.75) is 51.2 Å². The molecule has 2 aromatic carbocycles. The molecule has 1 aliphatic heterocycles. The third kappa shape index (κ3) is 4.65. The molecular weight excluding hydrogens is 304 g/mol.